The van der Waals surface area contributed by atoms with E-state index in [1.807, 2.05) is 31.7 Å². The highest BCUT2D eigenvalue weighted by Gasteiger charge is 2.37. The number of nitrogens with zero attached hydrogens (tertiary/aromatic N) is 3. The number of likely N-dealkylation sites (N-methyl/N-ethyl adjacent to an activating group) is 1. The molecule has 2 aliphatic rings. The predicted molar refractivity (Wildman–Crippen MR) is 153 cm³/mol. The van der Waals surface area contributed by atoms with Crippen LogP contribution in [0.5, 0.6) is 5.75 Å². The van der Waals surface area contributed by atoms with Crippen molar-refractivity contribution in [1.82, 2.24) is 14.8 Å². The molecule has 39 heavy (non-hydrogen) atoms. The van der Waals surface area contributed by atoms with Crippen molar-refractivity contribution in [2.24, 2.45) is 0 Å². The second-order valence-electron chi connectivity index (χ2n) is 12.1. The van der Waals surface area contributed by atoms with E-state index in [0.29, 0.717) is 18.7 Å². The Morgan fingerprint density at radius 2 is 2.08 bits per heavy atom. The van der Waals surface area contributed by atoms with Crippen LogP contribution in [0.3, 0.4) is 0 Å². The number of methoxy groups -OCH3 is 1. The number of nitrogens with one attached hydrogen (secondary N) is 1. The lowest BCUT2D eigenvalue weighted by atomic mass is 9.84. The van der Waals surface area contributed by atoms with Crippen molar-refractivity contribution in [3.05, 3.63) is 52.5 Å². The molecule has 2 N–H and O–H groups in total. The van der Waals surface area contributed by atoms with E-state index in [-0.39, 0.29) is 17.2 Å². The van der Waals surface area contributed by atoms with Crippen molar-refractivity contribution >= 4 is 11.8 Å². The summed E-state index contributed by atoms with van der Waals surface area (Å²) in [6, 6.07) is 6.97. The van der Waals surface area contributed by atoms with Crippen molar-refractivity contribution in [1.29, 1.82) is 0 Å². The minimum Gasteiger partial charge on any atom is -0.493 e. The maximum absolute atomic E-state index is 15.0. The third kappa shape index (κ3) is 7.09. The zero-order chi connectivity index (χ0) is 28.2. The Balaban J connectivity index is 1.31. The fourth-order valence-corrected chi connectivity index (χ4v) is 5.85. The van der Waals surface area contributed by atoms with Gasteiger partial charge < -0.3 is 20.1 Å². The van der Waals surface area contributed by atoms with Gasteiger partial charge in [-0.25, -0.2) is 9.37 Å². The van der Waals surface area contributed by atoms with E-state index >= 15 is 0 Å². The molecule has 3 heterocycles. The number of aromatic nitrogens is 1. The second kappa shape index (κ2) is 12.6. The van der Waals surface area contributed by atoms with Gasteiger partial charge in [0.05, 0.1) is 7.11 Å². The molecule has 2 atom stereocenters. The number of pyridine rings is 1. The molecule has 0 spiro atoms. The van der Waals surface area contributed by atoms with E-state index in [0.717, 1.165) is 68.7 Å². The van der Waals surface area contributed by atoms with Crippen LogP contribution in [-0.2, 0) is 23.1 Å². The number of hydrogen-bond acceptors (Lipinski definition) is 6. The third-order valence-corrected chi connectivity index (χ3v) is 8.25. The number of carboxylic acids is 1. The van der Waals surface area contributed by atoms with Gasteiger partial charge in [0.15, 0.2) is 11.6 Å². The number of likely N-dealkylation sites (tertiary alicyclic amines) is 1. The average Bonchev–Trinajstić information content (AvgIpc) is 3.37. The van der Waals surface area contributed by atoms with E-state index in [4.69, 9.17) is 9.72 Å². The van der Waals surface area contributed by atoms with Gasteiger partial charge in [0.2, 0.25) is 0 Å². The SMILES string of the molecule is COc1c(F)cc(C(C)(C)C)cc1[C@H](C(=O)O)N1CC[C@@H](N(C)CCCCCc2ccc3c(n2)NCCC3)C1. The number of carboxylic acid groups (broad SMARTS) is 1. The highest BCUT2D eigenvalue weighted by molar-refractivity contribution is 5.77. The van der Waals surface area contributed by atoms with Crippen LogP contribution in [-0.4, -0.2) is 72.2 Å². The summed E-state index contributed by atoms with van der Waals surface area (Å²) in [5, 5.41) is 13.6. The van der Waals surface area contributed by atoms with Crippen LogP contribution in [0.4, 0.5) is 10.2 Å². The van der Waals surface area contributed by atoms with Gasteiger partial charge in [-0.3, -0.25) is 9.69 Å². The molecule has 7 nitrogen and oxygen atoms in total. The monoisotopic (exact) mass is 540 g/mol. The Morgan fingerprint density at radius 3 is 2.79 bits per heavy atom. The van der Waals surface area contributed by atoms with E-state index in [9.17, 15) is 14.3 Å². The van der Waals surface area contributed by atoms with Crippen molar-refractivity contribution in [2.75, 3.05) is 45.7 Å². The van der Waals surface area contributed by atoms with Gasteiger partial charge in [-0.2, -0.15) is 0 Å². The van der Waals surface area contributed by atoms with Crippen LogP contribution >= 0.6 is 0 Å². The van der Waals surface area contributed by atoms with E-state index in [2.05, 4.69) is 29.4 Å². The number of fused-ring (bicyclic) bond motifs is 1. The van der Waals surface area contributed by atoms with Crippen LogP contribution in [0, 0.1) is 5.82 Å². The highest BCUT2D eigenvalue weighted by Crippen LogP contribution is 2.38. The lowest BCUT2D eigenvalue weighted by Crippen LogP contribution is -2.38. The number of rotatable bonds is 11. The molecule has 0 bridgehead atoms. The van der Waals surface area contributed by atoms with Gasteiger partial charge in [0, 0.05) is 36.9 Å². The summed E-state index contributed by atoms with van der Waals surface area (Å²) in [6.45, 7) is 9.24. The number of carbonyl (C=O) groups is 1. The van der Waals surface area contributed by atoms with Crippen molar-refractivity contribution in [3.8, 4) is 5.75 Å². The number of benzene rings is 1. The summed E-state index contributed by atoms with van der Waals surface area (Å²) >= 11 is 0. The first-order chi connectivity index (χ1) is 18.6. The van der Waals surface area contributed by atoms with E-state index in [1.165, 1.54) is 25.2 Å². The number of hydrogen-bond donors (Lipinski definition) is 2. The maximum atomic E-state index is 15.0. The molecule has 4 rings (SSSR count). The minimum atomic E-state index is -0.979. The zero-order valence-electron chi connectivity index (χ0n) is 24.2. The lowest BCUT2D eigenvalue weighted by molar-refractivity contribution is -0.143. The predicted octanol–water partition coefficient (Wildman–Crippen LogP) is 5.43. The summed E-state index contributed by atoms with van der Waals surface area (Å²) in [4.78, 5) is 21.6. The normalized spacial score (nSPS) is 18.6. The number of anilines is 1. The summed E-state index contributed by atoms with van der Waals surface area (Å²) in [6.07, 6.45) is 7.48. The first-order valence-corrected chi connectivity index (χ1v) is 14.4. The van der Waals surface area contributed by atoms with E-state index in [1.54, 1.807) is 0 Å². The van der Waals surface area contributed by atoms with Crippen LogP contribution in [0.15, 0.2) is 24.3 Å². The van der Waals surface area contributed by atoms with Crippen LogP contribution in [0.2, 0.25) is 0 Å². The summed E-state index contributed by atoms with van der Waals surface area (Å²) in [5.74, 6) is -0.403. The quantitative estimate of drug-likeness (QED) is 0.368. The molecule has 1 aromatic carbocycles. The van der Waals surface area contributed by atoms with Crippen molar-refractivity contribution < 1.29 is 19.0 Å². The van der Waals surface area contributed by atoms with Crippen LogP contribution in [0.25, 0.3) is 0 Å². The van der Waals surface area contributed by atoms with Gasteiger partial charge in [0.1, 0.15) is 11.9 Å². The molecule has 0 amide bonds. The van der Waals surface area contributed by atoms with Crippen molar-refractivity contribution in [2.45, 2.75) is 83.2 Å². The van der Waals surface area contributed by atoms with Crippen LogP contribution in [0.1, 0.15) is 81.3 Å². The van der Waals surface area contributed by atoms with Crippen molar-refractivity contribution in [3.63, 3.8) is 0 Å². The number of unbranched alkanes of at least 4 members (excludes halogenated alkanes) is 2. The van der Waals surface area contributed by atoms with Gasteiger partial charge in [-0.15, -0.1) is 0 Å². The topological polar surface area (TPSA) is 77.9 Å². The smallest absolute Gasteiger partial charge is 0.325 e. The standard InChI is InChI=1S/C31H45FN4O3/c1-31(2,3)22-18-25(28(39-5)26(32)19-22)27(30(37)38)36-17-14-24(20-36)35(4)16-8-6-7-11-23-13-12-21-10-9-15-33-29(21)34-23/h12-13,18-19,24,27H,6-11,14-17,20H2,1-5H3,(H,33,34)(H,37,38)/t24-,27-/m1/s1. The maximum Gasteiger partial charge on any atom is 0.325 e. The number of halogens is 1. The average molecular weight is 541 g/mol. The van der Waals surface area contributed by atoms with Gasteiger partial charge in [0.25, 0.3) is 0 Å². The fraction of sp³-hybridized carbons (Fsp3) is 0.613. The summed E-state index contributed by atoms with van der Waals surface area (Å²) < 4.78 is 20.4. The Morgan fingerprint density at radius 1 is 1.28 bits per heavy atom. The molecular formula is C31H45FN4O3. The molecule has 0 aliphatic carbocycles. The molecule has 214 valence electrons. The Kier molecular flexibility index (Phi) is 9.49. The van der Waals surface area contributed by atoms with Gasteiger partial charge in [-0.1, -0.05) is 33.3 Å². The number of aliphatic carboxylic acids is 1. The number of aryl methyl sites for hydroxylation is 2. The summed E-state index contributed by atoms with van der Waals surface area (Å²) in [7, 11) is 3.53. The van der Waals surface area contributed by atoms with Gasteiger partial charge in [-0.05, 0) is 86.9 Å². The third-order valence-electron chi connectivity index (χ3n) is 8.25. The molecule has 0 unspecified atom stereocenters. The second-order valence-corrected chi connectivity index (χ2v) is 12.1. The fourth-order valence-electron chi connectivity index (χ4n) is 5.85. The molecule has 1 fully saturated rings. The first-order valence-electron chi connectivity index (χ1n) is 14.4. The lowest BCUT2D eigenvalue weighted by Gasteiger charge is -2.30. The molecular weight excluding hydrogens is 495 g/mol. The van der Waals surface area contributed by atoms with Crippen LogP contribution < -0.4 is 10.1 Å². The first kappa shape index (κ1) is 29.3. The summed E-state index contributed by atoms with van der Waals surface area (Å²) in [5.41, 5.74) is 3.32. The molecule has 0 saturated carbocycles. The Bertz CT molecular complexity index is 1150. The molecule has 1 saturated heterocycles. The molecule has 2 aromatic rings. The molecule has 2 aliphatic heterocycles. The largest absolute Gasteiger partial charge is 0.493 e. The minimum absolute atomic E-state index is 0.0244. The molecule has 0 radical (unpaired) electrons. The zero-order valence-corrected chi connectivity index (χ0v) is 24.2. The Labute approximate surface area is 232 Å². The Hall–Kier alpha value is -2.71. The number of ether oxygens (including phenoxy) is 1. The highest BCUT2D eigenvalue weighted by atomic mass is 19.1. The molecule has 1 aromatic heterocycles. The van der Waals surface area contributed by atoms with Gasteiger partial charge >= 0.3 is 5.97 Å². The molecule has 8 heteroatoms. The van der Waals surface area contributed by atoms with E-state index < -0.39 is 17.8 Å².